The number of halogens is 4. The Morgan fingerprint density at radius 3 is 1.21 bits per heavy atom. The van der Waals surface area contributed by atoms with Crippen molar-refractivity contribution in [1.82, 2.24) is 19.2 Å². The first-order chi connectivity index (χ1) is 36.8. The molecule has 4 atom stereocenters. The molecule has 6 rings (SSSR count). The summed E-state index contributed by atoms with van der Waals surface area (Å²) in [6, 6.07) is 19.8. The summed E-state index contributed by atoms with van der Waals surface area (Å²) in [6.07, 6.45) is 5.99. The van der Waals surface area contributed by atoms with E-state index in [4.69, 9.17) is 74.8 Å². The van der Waals surface area contributed by atoms with E-state index in [0.29, 0.717) is 109 Å². The maximum Gasteiger partial charge on any atom is 0.240 e. The van der Waals surface area contributed by atoms with Crippen molar-refractivity contribution in [3.8, 4) is 11.5 Å². The minimum Gasteiger partial charge on any atom is -0.484 e. The van der Waals surface area contributed by atoms with E-state index in [0.717, 1.165) is 41.5 Å². The van der Waals surface area contributed by atoms with Crippen LogP contribution in [0.3, 0.4) is 0 Å². The standard InChI is InChI=1S/C55H72Cl4N4O12S2/c1-62(2)52-36-46-48(32-38(56)34-50(46)58)54(52)74-42-14-18-44(19-15-42)76(66,67)60-22-26-72-30-28-70-24-8-12-40(64)10-6-5-7-11-41(65)13-9-25-71-29-31-73-27-23-61-77(68,69)45-20-16-43(17-21-45)75-55-49-33-39(57)35-51(59)47(49)37-53(55)63(3)4/h14-21,32-35,52-55,60-61H,5-13,22-31,36-37H2,1-4H3/t52-,53-,54-,55-/m0/s1. The fraction of sp³-hybridized carbons (Fsp3) is 0.527. The van der Waals surface area contributed by atoms with E-state index in [2.05, 4.69) is 19.2 Å². The summed E-state index contributed by atoms with van der Waals surface area (Å²) in [5.41, 5.74) is 3.83. The topological polar surface area (TPSA) is 188 Å². The number of ketones is 2. The molecular formula is C55H72Cl4N4O12S2. The summed E-state index contributed by atoms with van der Waals surface area (Å²) in [5, 5.41) is 2.26. The van der Waals surface area contributed by atoms with Crippen LogP contribution >= 0.6 is 46.4 Å². The smallest absolute Gasteiger partial charge is 0.240 e. The zero-order valence-corrected chi connectivity index (χ0v) is 48.9. The van der Waals surface area contributed by atoms with Crippen LogP contribution in [0.2, 0.25) is 20.1 Å². The molecule has 424 valence electrons. The predicted molar refractivity (Wildman–Crippen MR) is 300 cm³/mol. The average molecular weight is 1190 g/mol. The van der Waals surface area contributed by atoms with Crippen LogP contribution in [0.4, 0.5) is 0 Å². The van der Waals surface area contributed by atoms with Gasteiger partial charge in [-0.15, -0.1) is 0 Å². The SMILES string of the molecule is CN(C)[C@H]1Cc2c(Cl)cc(Cl)cc2[C@@H]1Oc1ccc(S(=O)(=O)NCCOCCOCCCC(=O)CCCCCC(=O)CCCOCCOCCNS(=O)(=O)c2ccc(O[C@H]3c4cc(Cl)cc(Cl)c4C[C@@H]3N(C)C)cc2)cc1. The monoisotopic (exact) mass is 1180 g/mol. The summed E-state index contributed by atoms with van der Waals surface area (Å²) in [4.78, 5) is 29.0. The molecule has 4 aromatic carbocycles. The van der Waals surface area contributed by atoms with Crippen LogP contribution in [0.1, 0.15) is 92.2 Å². The summed E-state index contributed by atoms with van der Waals surface area (Å²) >= 11 is 25.6. The first-order valence-corrected chi connectivity index (χ1v) is 30.5. The highest BCUT2D eigenvalue weighted by Gasteiger charge is 2.39. The van der Waals surface area contributed by atoms with E-state index in [1.54, 1.807) is 36.4 Å². The van der Waals surface area contributed by atoms with Gasteiger partial charge >= 0.3 is 0 Å². The number of likely N-dealkylation sites (N-methyl/N-ethyl adjacent to an activating group) is 2. The van der Waals surface area contributed by atoms with E-state index in [1.807, 2.05) is 40.3 Å². The second kappa shape index (κ2) is 31.0. The van der Waals surface area contributed by atoms with E-state index >= 15 is 0 Å². The zero-order valence-electron chi connectivity index (χ0n) is 44.2. The average Bonchev–Trinajstić information content (AvgIpc) is 3.94. The van der Waals surface area contributed by atoms with Gasteiger partial charge in [-0.25, -0.2) is 26.3 Å². The van der Waals surface area contributed by atoms with Crippen molar-refractivity contribution in [2.75, 3.05) is 94.1 Å². The van der Waals surface area contributed by atoms with E-state index in [9.17, 15) is 26.4 Å². The van der Waals surface area contributed by atoms with Gasteiger partial charge in [-0.2, -0.15) is 0 Å². The molecular weight excluding hydrogens is 1110 g/mol. The van der Waals surface area contributed by atoms with Gasteiger partial charge in [0.1, 0.15) is 35.3 Å². The third kappa shape index (κ3) is 19.4. The molecule has 0 saturated carbocycles. The number of fused-ring (bicyclic) bond motifs is 2. The molecule has 0 bridgehead atoms. The molecule has 0 aliphatic heterocycles. The minimum absolute atomic E-state index is 0.0249. The molecule has 0 radical (unpaired) electrons. The van der Waals surface area contributed by atoms with Gasteiger partial charge < -0.3 is 38.2 Å². The highest BCUT2D eigenvalue weighted by molar-refractivity contribution is 7.89. The van der Waals surface area contributed by atoms with Crippen molar-refractivity contribution < 1.29 is 54.8 Å². The van der Waals surface area contributed by atoms with Crippen LogP contribution in [0.25, 0.3) is 0 Å². The highest BCUT2D eigenvalue weighted by Crippen LogP contribution is 2.44. The molecule has 0 fully saturated rings. The van der Waals surface area contributed by atoms with Gasteiger partial charge in [-0.05, 0) is 151 Å². The number of carbonyl (C=O) groups excluding carboxylic acids is 2. The first kappa shape index (κ1) is 62.8. The fourth-order valence-corrected chi connectivity index (χ4v) is 12.4. The van der Waals surface area contributed by atoms with Gasteiger partial charge in [-0.1, -0.05) is 52.8 Å². The van der Waals surface area contributed by atoms with Crippen LogP contribution in [-0.2, 0) is 61.4 Å². The predicted octanol–water partition coefficient (Wildman–Crippen LogP) is 9.49. The van der Waals surface area contributed by atoms with Gasteiger partial charge in [0.15, 0.2) is 0 Å². The van der Waals surface area contributed by atoms with Gasteiger partial charge in [0.25, 0.3) is 0 Å². The Labute approximate surface area is 474 Å². The second-order valence-electron chi connectivity index (χ2n) is 19.5. The van der Waals surface area contributed by atoms with Crippen molar-refractivity contribution in [3.05, 3.63) is 115 Å². The number of nitrogens with zero attached hydrogens (tertiary/aromatic N) is 2. The molecule has 77 heavy (non-hydrogen) atoms. The van der Waals surface area contributed by atoms with Crippen molar-refractivity contribution in [1.29, 1.82) is 0 Å². The Balaban J connectivity index is 0.702. The van der Waals surface area contributed by atoms with Gasteiger partial charge in [0, 0.05) is 83.2 Å². The maximum atomic E-state index is 12.9. The second-order valence-corrected chi connectivity index (χ2v) is 24.7. The molecule has 2 N–H and O–H groups in total. The highest BCUT2D eigenvalue weighted by atomic mass is 35.5. The number of nitrogens with one attached hydrogen (secondary N) is 2. The number of benzene rings is 4. The lowest BCUT2D eigenvalue weighted by Crippen LogP contribution is -2.34. The Kier molecular flexibility index (Phi) is 25.2. The molecule has 2 aliphatic rings. The van der Waals surface area contributed by atoms with Crippen LogP contribution < -0.4 is 18.9 Å². The van der Waals surface area contributed by atoms with Crippen molar-refractivity contribution >= 4 is 78.0 Å². The fourth-order valence-electron chi connectivity index (χ4n) is 9.23. The number of rotatable bonds is 36. The Bertz CT molecular complexity index is 2590. The molecule has 0 saturated heterocycles. The van der Waals surface area contributed by atoms with Crippen LogP contribution in [-0.4, -0.2) is 144 Å². The van der Waals surface area contributed by atoms with Crippen LogP contribution in [0.5, 0.6) is 11.5 Å². The number of hydrogen-bond donors (Lipinski definition) is 2. The van der Waals surface area contributed by atoms with E-state index < -0.39 is 20.0 Å². The number of carbonyl (C=O) groups is 2. The summed E-state index contributed by atoms with van der Waals surface area (Å²) < 4.78 is 91.7. The third-order valence-electron chi connectivity index (χ3n) is 13.4. The van der Waals surface area contributed by atoms with E-state index in [1.165, 1.54) is 24.3 Å². The molecule has 22 heteroatoms. The summed E-state index contributed by atoms with van der Waals surface area (Å²) in [7, 11) is 0.359. The van der Waals surface area contributed by atoms with E-state index in [-0.39, 0.29) is 85.2 Å². The Hall–Kier alpha value is -3.44. The molecule has 0 amide bonds. The number of Topliss-reactive ketones (excluding diaryl/α,β-unsaturated/α-hetero) is 2. The zero-order chi connectivity index (χ0) is 55.5. The lowest BCUT2D eigenvalue weighted by molar-refractivity contribution is -0.119. The van der Waals surface area contributed by atoms with Crippen LogP contribution in [0, 0.1) is 0 Å². The van der Waals surface area contributed by atoms with Crippen LogP contribution in [0.15, 0.2) is 82.6 Å². The lowest BCUT2D eigenvalue weighted by atomic mass is 10.0. The molecule has 2 aliphatic carbocycles. The summed E-state index contributed by atoms with van der Waals surface area (Å²) in [6.45, 7) is 2.55. The van der Waals surface area contributed by atoms with Gasteiger partial charge in [0.2, 0.25) is 20.0 Å². The van der Waals surface area contributed by atoms with Gasteiger partial charge in [-0.3, -0.25) is 9.59 Å². The largest absolute Gasteiger partial charge is 0.484 e. The third-order valence-corrected chi connectivity index (χ3v) is 17.4. The maximum absolute atomic E-state index is 12.9. The molecule has 0 unspecified atom stereocenters. The molecule has 16 nitrogen and oxygen atoms in total. The Morgan fingerprint density at radius 2 is 0.844 bits per heavy atom. The number of unbranched alkanes of at least 4 members (excludes halogenated alkanes) is 2. The normalized spacial score (nSPS) is 17.3. The molecule has 4 aromatic rings. The number of hydrogen-bond acceptors (Lipinski definition) is 14. The number of ether oxygens (including phenoxy) is 6. The van der Waals surface area contributed by atoms with Crippen molar-refractivity contribution in [2.24, 2.45) is 0 Å². The lowest BCUT2D eigenvalue weighted by Gasteiger charge is -2.27. The van der Waals surface area contributed by atoms with Crippen molar-refractivity contribution in [2.45, 2.75) is 105 Å². The quantitative estimate of drug-likeness (QED) is 0.0410. The molecule has 0 aromatic heterocycles. The molecule has 0 heterocycles. The van der Waals surface area contributed by atoms with Crippen molar-refractivity contribution in [3.63, 3.8) is 0 Å². The van der Waals surface area contributed by atoms with Gasteiger partial charge in [0.05, 0.1) is 61.5 Å². The summed E-state index contributed by atoms with van der Waals surface area (Å²) in [5.74, 6) is 1.38. The molecule has 0 spiro atoms. The minimum atomic E-state index is -3.77. The Morgan fingerprint density at radius 1 is 0.494 bits per heavy atom. The number of sulfonamides is 2. The first-order valence-electron chi connectivity index (χ1n) is 26.0.